The van der Waals surface area contributed by atoms with Crippen LogP contribution in [0.25, 0.3) is 0 Å². The lowest BCUT2D eigenvalue weighted by Crippen LogP contribution is -2.43. The van der Waals surface area contributed by atoms with Crippen LogP contribution in [-0.2, 0) is 14.3 Å². The molecule has 2 atom stereocenters. The molecular formula is C9H17N3O3. The summed E-state index contributed by atoms with van der Waals surface area (Å²) in [5.41, 5.74) is 5.68. The van der Waals surface area contributed by atoms with E-state index in [9.17, 15) is 9.59 Å². The van der Waals surface area contributed by atoms with Crippen molar-refractivity contribution in [1.29, 1.82) is 0 Å². The lowest BCUT2D eigenvalue weighted by atomic mass is 10.0. The quantitative estimate of drug-likeness (QED) is 0.483. The van der Waals surface area contributed by atoms with Gasteiger partial charge in [-0.2, -0.15) is 0 Å². The topological polar surface area (TPSA) is 93.5 Å². The zero-order valence-corrected chi connectivity index (χ0v) is 8.79. The minimum Gasteiger partial charge on any atom is -0.379 e. The van der Waals surface area contributed by atoms with Crippen LogP contribution in [0.15, 0.2) is 0 Å². The molecule has 0 saturated carbocycles. The molecule has 1 fully saturated rings. The van der Waals surface area contributed by atoms with Gasteiger partial charge in [-0.15, -0.1) is 0 Å². The molecule has 4 N–H and O–H groups in total. The third kappa shape index (κ3) is 3.85. The van der Waals surface area contributed by atoms with Gasteiger partial charge in [0, 0.05) is 26.1 Å². The van der Waals surface area contributed by atoms with Crippen molar-refractivity contribution < 1.29 is 14.3 Å². The van der Waals surface area contributed by atoms with Crippen LogP contribution >= 0.6 is 0 Å². The van der Waals surface area contributed by atoms with Crippen molar-refractivity contribution in [2.45, 2.75) is 13.0 Å². The summed E-state index contributed by atoms with van der Waals surface area (Å²) in [6.07, 6.45) is 0. The fourth-order valence-electron chi connectivity index (χ4n) is 1.40. The van der Waals surface area contributed by atoms with Gasteiger partial charge in [-0.25, -0.2) is 0 Å². The SMILES string of the molecule is CC(=O)NCCNC(=O)C1COCC1N. The van der Waals surface area contributed by atoms with Crippen LogP contribution in [0.3, 0.4) is 0 Å². The summed E-state index contributed by atoms with van der Waals surface area (Å²) in [5, 5.41) is 5.28. The lowest BCUT2D eigenvalue weighted by molar-refractivity contribution is -0.125. The number of hydrogen-bond donors (Lipinski definition) is 3. The lowest BCUT2D eigenvalue weighted by Gasteiger charge is -2.13. The Morgan fingerprint density at radius 1 is 1.33 bits per heavy atom. The molecule has 15 heavy (non-hydrogen) atoms. The van der Waals surface area contributed by atoms with Crippen LogP contribution in [0.4, 0.5) is 0 Å². The summed E-state index contributed by atoms with van der Waals surface area (Å²) in [7, 11) is 0. The molecule has 0 aliphatic carbocycles. The van der Waals surface area contributed by atoms with E-state index in [1.54, 1.807) is 0 Å². The maximum atomic E-state index is 11.5. The van der Waals surface area contributed by atoms with Crippen LogP contribution in [0.1, 0.15) is 6.92 Å². The molecule has 0 aromatic carbocycles. The van der Waals surface area contributed by atoms with Crippen molar-refractivity contribution in [2.24, 2.45) is 11.7 Å². The summed E-state index contributed by atoms with van der Waals surface area (Å²) in [6.45, 7) is 3.10. The van der Waals surface area contributed by atoms with E-state index in [2.05, 4.69) is 10.6 Å². The predicted octanol–water partition coefficient (Wildman–Crippen LogP) is -1.79. The fraction of sp³-hybridized carbons (Fsp3) is 0.778. The molecule has 86 valence electrons. The highest BCUT2D eigenvalue weighted by Crippen LogP contribution is 2.10. The van der Waals surface area contributed by atoms with E-state index in [1.165, 1.54) is 6.92 Å². The number of carbonyl (C=O) groups excluding carboxylic acids is 2. The van der Waals surface area contributed by atoms with Crippen LogP contribution in [0, 0.1) is 5.92 Å². The third-order valence-electron chi connectivity index (χ3n) is 2.26. The van der Waals surface area contributed by atoms with Crippen molar-refractivity contribution in [1.82, 2.24) is 10.6 Å². The first-order valence-electron chi connectivity index (χ1n) is 4.96. The molecule has 6 heteroatoms. The molecule has 0 bridgehead atoms. The summed E-state index contributed by atoms with van der Waals surface area (Å²) >= 11 is 0. The molecule has 0 aromatic rings. The monoisotopic (exact) mass is 215 g/mol. The average Bonchev–Trinajstić information content (AvgIpc) is 2.58. The van der Waals surface area contributed by atoms with E-state index in [4.69, 9.17) is 10.5 Å². The summed E-state index contributed by atoms with van der Waals surface area (Å²) in [4.78, 5) is 22.0. The van der Waals surface area contributed by atoms with E-state index >= 15 is 0 Å². The van der Waals surface area contributed by atoms with Crippen molar-refractivity contribution in [3.63, 3.8) is 0 Å². The molecule has 0 radical (unpaired) electrons. The number of carbonyl (C=O) groups is 2. The van der Waals surface area contributed by atoms with Crippen molar-refractivity contribution in [3.05, 3.63) is 0 Å². The molecule has 2 unspecified atom stereocenters. The third-order valence-corrected chi connectivity index (χ3v) is 2.26. The fourth-order valence-corrected chi connectivity index (χ4v) is 1.40. The Labute approximate surface area is 88.5 Å². The Kier molecular flexibility index (Phi) is 4.51. The Morgan fingerprint density at radius 2 is 2.00 bits per heavy atom. The van der Waals surface area contributed by atoms with Gasteiger partial charge in [0.15, 0.2) is 0 Å². The summed E-state index contributed by atoms with van der Waals surface area (Å²) in [5.74, 6) is -0.474. The highest BCUT2D eigenvalue weighted by Gasteiger charge is 2.30. The predicted molar refractivity (Wildman–Crippen MR) is 54.0 cm³/mol. The van der Waals surface area contributed by atoms with E-state index < -0.39 is 0 Å². The number of ether oxygens (including phenoxy) is 1. The largest absolute Gasteiger partial charge is 0.379 e. The van der Waals surface area contributed by atoms with Gasteiger partial charge in [-0.05, 0) is 0 Å². The highest BCUT2D eigenvalue weighted by atomic mass is 16.5. The Bertz CT molecular complexity index is 245. The van der Waals surface area contributed by atoms with Gasteiger partial charge in [0.1, 0.15) is 0 Å². The van der Waals surface area contributed by atoms with Gasteiger partial charge < -0.3 is 21.1 Å². The zero-order chi connectivity index (χ0) is 11.3. The molecular weight excluding hydrogens is 198 g/mol. The molecule has 2 amide bonds. The number of amides is 2. The second-order valence-electron chi connectivity index (χ2n) is 3.58. The highest BCUT2D eigenvalue weighted by molar-refractivity contribution is 5.80. The molecule has 0 aromatic heterocycles. The smallest absolute Gasteiger partial charge is 0.227 e. The molecule has 1 rings (SSSR count). The standard InChI is InChI=1S/C9H17N3O3/c1-6(13)11-2-3-12-9(14)7-4-15-5-8(7)10/h7-8H,2-5,10H2,1H3,(H,11,13)(H,12,14). The van der Waals surface area contributed by atoms with Gasteiger partial charge in [-0.1, -0.05) is 0 Å². The van der Waals surface area contributed by atoms with Crippen LogP contribution < -0.4 is 16.4 Å². The van der Waals surface area contributed by atoms with E-state index in [0.29, 0.717) is 26.3 Å². The van der Waals surface area contributed by atoms with Gasteiger partial charge >= 0.3 is 0 Å². The minimum atomic E-state index is -0.262. The molecule has 6 nitrogen and oxygen atoms in total. The molecule has 1 aliphatic heterocycles. The molecule has 1 saturated heterocycles. The van der Waals surface area contributed by atoms with Crippen molar-refractivity contribution in [3.8, 4) is 0 Å². The van der Waals surface area contributed by atoms with E-state index in [0.717, 1.165) is 0 Å². The normalized spacial score (nSPS) is 24.9. The van der Waals surface area contributed by atoms with E-state index in [1.807, 2.05) is 0 Å². The van der Waals surface area contributed by atoms with Gasteiger partial charge in [-0.3, -0.25) is 9.59 Å². The van der Waals surface area contributed by atoms with Crippen molar-refractivity contribution >= 4 is 11.8 Å². The molecule has 0 spiro atoms. The second kappa shape index (κ2) is 5.67. The Morgan fingerprint density at radius 3 is 2.53 bits per heavy atom. The minimum absolute atomic E-state index is 0.106. The van der Waals surface area contributed by atoms with Crippen LogP contribution in [-0.4, -0.2) is 44.2 Å². The number of nitrogens with one attached hydrogen (secondary N) is 2. The Balaban J connectivity index is 2.15. The Hall–Kier alpha value is -1.14. The maximum absolute atomic E-state index is 11.5. The summed E-state index contributed by atoms with van der Waals surface area (Å²) in [6, 6.07) is -0.217. The average molecular weight is 215 g/mol. The first-order chi connectivity index (χ1) is 7.11. The first-order valence-corrected chi connectivity index (χ1v) is 4.96. The molecule has 1 aliphatic rings. The van der Waals surface area contributed by atoms with Crippen LogP contribution in [0.5, 0.6) is 0 Å². The number of nitrogens with two attached hydrogens (primary N) is 1. The first kappa shape index (κ1) is 11.9. The molecule has 1 heterocycles. The zero-order valence-electron chi connectivity index (χ0n) is 8.79. The summed E-state index contributed by atoms with van der Waals surface area (Å²) < 4.78 is 5.08. The van der Waals surface area contributed by atoms with Crippen molar-refractivity contribution in [2.75, 3.05) is 26.3 Å². The van der Waals surface area contributed by atoms with Crippen LogP contribution in [0.2, 0.25) is 0 Å². The maximum Gasteiger partial charge on any atom is 0.227 e. The van der Waals surface area contributed by atoms with Gasteiger partial charge in [0.05, 0.1) is 19.1 Å². The second-order valence-corrected chi connectivity index (χ2v) is 3.58. The number of hydrogen-bond acceptors (Lipinski definition) is 4. The van der Waals surface area contributed by atoms with Gasteiger partial charge in [0.2, 0.25) is 11.8 Å². The van der Waals surface area contributed by atoms with Gasteiger partial charge in [0.25, 0.3) is 0 Å². The number of rotatable bonds is 4. The van der Waals surface area contributed by atoms with E-state index in [-0.39, 0.29) is 23.8 Å².